The highest BCUT2D eigenvalue weighted by atomic mass is 16.5. The van der Waals surface area contributed by atoms with Gasteiger partial charge in [-0.2, -0.15) is 5.10 Å². The zero-order chi connectivity index (χ0) is 13.3. The van der Waals surface area contributed by atoms with Gasteiger partial charge in [0.25, 0.3) is 0 Å². The molecule has 1 aliphatic heterocycles. The van der Waals surface area contributed by atoms with Crippen molar-refractivity contribution in [2.45, 2.75) is 32.4 Å². The molecule has 1 aromatic rings. The first kappa shape index (κ1) is 13.0. The van der Waals surface area contributed by atoms with Crippen molar-refractivity contribution in [2.24, 2.45) is 7.05 Å². The molecule has 100 valence electrons. The number of hydrogen-bond acceptors (Lipinski definition) is 4. The molecular formula is C12H20N4O2. The van der Waals surface area contributed by atoms with Crippen LogP contribution >= 0.6 is 0 Å². The number of methoxy groups -OCH3 is 1. The van der Waals surface area contributed by atoms with Crippen molar-refractivity contribution in [3.8, 4) is 0 Å². The molecular weight excluding hydrogens is 232 g/mol. The quantitative estimate of drug-likeness (QED) is 0.814. The highest BCUT2D eigenvalue weighted by Gasteiger charge is 2.30. The second-order valence-corrected chi connectivity index (χ2v) is 4.71. The van der Waals surface area contributed by atoms with Crippen LogP contribution in [0.4, 0.5) is 5.69 Å². The summed E-state index contributed by atoms with van der Waals surface area (Å²) in [6, 6.07) is -0.186. The average molecular weight is 252 g/mol. The average Bonchev–Trinajstić information content (AvgIpc) is 2.90. The van der Waals surface area contributed by atoms with E-state index in [0.29, 0.717) is 6.42 Å². The second-order valence-electron chi connectivity index (χ2n) is 4.71. The molecule has 1 fully saturated rings. The van der Waals surface area contributed by atoms with Gasteiger partial charge >= 0.3 is 0 Å². The van der Waals surface area contributed by atoms with Crippen LogP contribution in [0.3, 0.4) is 0 Å². The van der Waals surface area contributed by atoms with Crippen molar-refractivity contribution in [2.75, 3.05) is 19.0 Å². The summed E-state index contributed by atoms with van der Waals surface area (Å²) in [4.78, 5) is 12.1. The van der Waals surface area contributed by atoms with Gasteiger partial charge in [0.15, 0.2) is 0 Å². The Morgan fingerprint density at radius 3 is 2.78 bits per heavy atom. The summed E-state index contributed by atoms with van der Waals surface area (Å²) in [5, 5.41) is 10.4. The van der Waals surface area contributed by atoms with Gasteiger partial charge in [0.2, 0.25) is 5.91 Å². The van der Waals surface area contributed by atoms with Crippen LogP contribution in [0.2, 0.25) is 0 Å². The highest BCUT2D eigenvalue weighted by Crippen LogP contribution is 2.19. The van der Waals surface area contributed by atoms with E-state index < -0.39 is 0 Å². The van der Waals surface area contributed by atoms with Crippen LogP contribution in [0.5, 0.6) is 0 Å². The van der Waals surface area contributed by atoms with Crippen molar-refractivity contribution in [3.05, 3.63) is 11.4 Å². The molecule has 1 aromatic heterocycles. The van der Waals surface area contributed by atoms with E-state index in [2.05, 4.69) is 15.7 Å². The van der Waals surface area contributed by atoms with Crippen LogP contribution in [-0.4, -0.2) is 41.5 Å². The van der Waals surface area contributed by atoms with Gasteiger partial charge in [-0.1, -0.05) is 0 Å². The van der Waals surface area contributed by atoms with Gasteiger partial charge in [-0.05, 0) is 20.3 Å². The molecule has 1 aliphatic rings. The fraction of sp³-hybridized carbons (Fsp3) is 0.667. The Hall–Kier alpha value is -1.40. The number of aromatic nitrogens is 2. The van der Waals surface area contributed by atoms with E-state index in [1.54, 1.807) is 11.8 Å². The normalized spacial score (nSPS) is 23.3. The van der Waals surface area contributed by atoms with Crippen LogP contribution in [-0.2, 0) is 16.6 Å². The topological polar surface area (TPSA) is 68.2 Å². The van der Waals surface area contributed by atoms with Crippen molar-refractivity contribution in [3.63, 3.8) is 0 Å². The molecule has 2 N–H and O–H groups in total. The minimum absolute atomic E-state index is 0.0197. The second kappa shape index (κ2) is 5.07. The Labute approximate surface area is 107 Å². The zero-order valence-corrected chi connectivity index (χ0v) is 11.3. The summed E-state index contributed by atoms with van der Waals surface area (Å²) in [7, 11) is 3.54. The molecule has 6 heteroatoms. The number of carbonyl (C=O) groups is 1. The SMILES string of the molecule is COC1CNC(C(=O)Nc2c(C)nn(C)c2C)C1. The van der Waals surface area contributed by atoms with Crippen molar-refractivity contribution in [1.82, 2.24) is 15.1 Å². The number of rotatable bonds is 3. The van der Waals surface area contributed by atoms with Crippen LogP contribution in [0.25, 0.3) is 0 Å². The fourth-order valence-electron chi connectivity index (χ4n) is 2.25. The molecule has 0 saturated carbocycles. The lowest BCUT2D eigenvalue weighted by molar-refractivity contribution is -0.118. The first-order valence-corrected chi connectivity index (χ1v) is 6.10. The summed E-state index contributed by atoms with van der Waals surface area (Å²) in [5.41, 5.74) is 2.61. The highest BCUT2D eigenvalue weighted by molar-refractivity contribution is 5.96. The largest absolute Gasteiger partial charge is 0.380 e. The lowest BCUT2D eigenvalue weighted by Crippen LogP contribution is -2.35. The number of amides is 1. The predicted molar refractivity (Wildman–Crippen MR) is 68.5 cm³/mol. The fourth-order valence-corrected chi connectivity index (χ4v) is 2.25. The Morgan fingerprint density at radius 1 is 1.56 bits per heavy atom. The number of hydrogen-bond donors (Lipinski definition) is 2. The maximum absolute atomic E-state index is 12.1. The van der Waals surface area contributed by atoms with E-state index in [1.807, 2.05) is 20.9 Å². The maximum atomic E-state index is 12.1. The third-order valence-electron chi connectivity index (χ3n) is 3.50. The van der Waals surface area contributed by atoms with Gasteiger partial charge in [-0.25, -0.2) is 0 Å². The minimum atomic E-state index is -0.186. The van der Waals surface area contributed by atoms with E-state index in [4.69, 9.17) is 4.74 Å². The van der Waals surface area contributed by atoms with Gasteiger partial charge in [0.05, 0.1) is 29.2 Å². The van der Waals surface area contributed by atoms with Gasteiger partial charge in [-0.3, -0.25) is 9.48 Å². The van der Waals surface area contributed by atoms with Crippen molar-refractivity contribution >= 4 is 11.6 Å². The number of aryl methyl sites for hydroxylation is 2. The van der Waals surface area contributed by atoms with Gasteiger partial charge in [-0.15, -0.1) is 0 Å². The Kier molecular flexibility index (Phi) is 3.68. The van der Waals surface area contributed by atoms with E-state index in [1.165, 1.54) is 0 Å². The van der Waals surface area contributed by atoms with E-state index in [-0.39, 0.29) is 18.1 Å². The summed E-state index contributed by atoms with van der Waals surface area (Å²) in [6.07, 6.45) is 0.831. The number of carbonyl (C=O) groups excluding carboxylic acids is 1. The number of nitrogens with one attached hydrogen (secondary N) is 2. The molecule has 6 nitrogen and oxygen atoms in total. The number of ether oxygens (including phenoxy) is 1. The molecule has 2 unspecified atom stereocenters. The zero-order valence-electron chi connectivity index (χ0n) is 11.3. The van der Waals surface area contributed by atoms with E-state index >= 15 is 0 Å². The molecule has 0 aromatic carbocycles. The minimum Gasteiger partial charge on any atom is -0.380 e. The third-order valence-corrected chi connectivity index (χ3v) is 3.50. The molecule has 0 bridgehead atoms. The van der Waals surface area contributed by atoms with E-state index in [0.717, 1.165) is 23.6 Å². The van der Waals surface area contributed by atoms with Gasteiger partial charge < -0.3 is 15.4 Å². The molecule has 18 heavy (non-hydrogen) atoms. The Bertz CT molecular complexity index is 455. The molecule has 1 saturated heterocycles. The third kappa shape index (κ3) is 2.39. The Morgan fingerprint density at radius 2 is 2.28 bits per heavy atom. The van der Waals surface area contributed by atoms with Crippen LogP contribution < -0.4 is 10.6 Å². The monoisotopic (exact) mass is 252 g/mol. The van der Waals surface area contributed by atoms with Crippen molar-refractivity contribution in [1.29, 1.82) is 0 Å². The first-order valence-electron chi connectivity index (χ1n) is 6.10. The van der Waals surface area contributed by atoms with Gasteiger partial charge in [0, 0.05) is 20.7 Å². The van der Waals surface area contributed by atoms with Crippen LogP contribution in [0.1, 0.15) is 17.8 Å². The standard InChI is InChI=1S/C12H20N4O2/c1-7-11(8(2)16(3)15-7)14-12(17)10-5-9(18-4)6-13-10/h9-10,13H,5-6H2,1-4H3,(H,14,17). The lowest BCUT2D eigenvalue weighted by Gasteiger charge is -2.11. The molecule has 2 heterocycles. The summed E-state index contributed by atoms with van der Waals surface area (Å²) < 4.78 is 7.00. The molecule has 0 aliphatic carbocycles. The number of anilines is 1. The smallest absolute Gasteiger partial charge is 0.241 e. The number of nitrogens with zero attached hydrogens (tertiary/aromatic N) is 2. The van der Waals surface area contributed by atoms with Crippen LogP contribution in [0, 0.1) is 13.8 Å². The van der Waals surface area contributed by atoms with E-state index in [9.17, 15) is 4.79 Å². The van der Waals surface area contributed by atoms with Crippen molar-refractivity contribution < 1.29 is 9.53 Å². The molecule has 2 rings (SSSR count). The predicted octanol–water partition coefficient (Wildman–Crippen LogP) is 0.352. The Balaban J connectivity index is 2.03. The molecule has 1 amide bonds. The molecule has 2 atom stereocenters. The molecule has 0 radical (unpaired) electrons. The summed E-state index contributed by atoms with van der Waals surface area (Å²) in [6.45, 7) is 4.55. The maximum Gasteiger partial charge on any atom is 0.241 e. The van der Waals surface area contributed by atoms with Crippen LogP contribution in [0.15, 0.2) is 0 Å². The molecule has 0 spiro atoms. The van der Waals surface area contributed by atoms with Gasteiger partial charge in [0.1, 0.15) is 0 Å². The summed E-state index contributed by atoms with van der Waals surface area (Å²) in [5.74, 6) is -0.0197. The first-order chi connectivity index (χ1) is 8.52. The lowest BCUT2D eigenvalue weighted by atomic mass is 10.2. The summed E-state index contributed by atoms with van der Waals surface area (Å²) >= 11 is 0.